The molecule has 0 saturated heterocycles. The molecule has 5 heteroatoms. The number of rotatable bonds is 14. The summed E-state index contributed by atoms with van der Waals surface area (Å²) in [5, 5.41) is 0. The minimum Gasteiger partial charge on any atom is -0.464 e. The molecule has 25 heavy (non-hydrogen) atoms. The molecule has 0 heterocycles. The maximum Gasteiger partial charge on any atom is 0.410 e. The van der Waals surface area contributed by atoms with Gasteiger partial charge in [0, 0.05) is 6.54 Å². The Morgan fingerprint density at radius 2 is 1.32 bits per heavy atom. The zero-order valence-electron chi connectivity index (χ0n) is 17.0. The molecule has 0 rings (SSSR count). The van der Waals surface area contributed by atoms with Gasteiger partial charge < -0.3 is 9.47 Å². The average molecular weight is 358 g/mol. The topological polar surface area (TPSA) is 55.8 Å². The molecule has 0 aromatic rings. The number of carbonyl (C=O) groups excluding carboxylic acids is 2. The molecule has 0 N–H and O–H groups in total. The molecule has 0 unspecified atom stereocenters. The summed E-state index contributed by atoms with van der Waals surface area (Å²) in [6.07, 6.45) is 9.11. The van der Waals surface area contributed by atoms with Crippen molar-refractivity contribution in [2.24, 2.45) is 5.92 Å². The van der Waals surface area contributed by atoms with Gasteiger partial charge >= 0.3 is 12.1 Å². The van der Waals surface area contributed by atoms with Crippen LogP contribution in [0.4, 0.5) is 4.79 Å². The quantitative estimate of drug-likeness (QED) is 0.318. The van der Waals surface area contributed by atoms with Gasteiger partial charge in [0.25, 0.3) is 0 Å². The van der Waals surface area contributed by atoms with Crippen molar-refractivity contribution in [2.75, 3.05) is 19.8 Å². The molecule has 0 radical (unpaired) electrons. The molecule has 0 spiro atoms. The third-order valence-corrected chi connectivity index (χ3v) is 4.25. The van der Waals surface area contributed by atoms with Gasteiger partial charge in [-0.1, -0.05) is 65.7 Å². The van der Waals surface area contributed by atoms with E-state index in [-0.39, 0.29) is 11.9 Å². The SMILES string of the molecule is CCCCCCCCCCN(C(=O)OCC)[C@H](C(=O)OCC)C(C)C. The zero-order chi connectivity index (χ0) is 19.1. The smallest absolute Gasteiger partial charge is 0.410 e. The minimum atomic E-state index is -0.580. The molecule has 0 aromatic heterocycles. The Balaban J connectivity index is 4.55. The summed E-state index contributed by atoms with van der Waals surface area (Å²) < 4.78 is 10.3. The number of amides is 1. The van der Waals surface area contributed by atoms with Crippen LogP contribution in [-0.4, -0.2) is 42.8 Å². The van der Waals surface area contributed by atoms with Crippen LogP contribution in [0.2, 0.25) is 0 Å². The van der Waals surface area contributed by atoms with Crippen molar-refractivity contribution in [3.63, 3.8) is 0 Å². The Morgan fingerprint density at radius 1 is 0.800 bits per heavy atom. The zero-order valence-corrected chi connectivity index (χ0v) is 17.0. The fourth-order valence-corrected chi connectivity index (χ4v) is 2.95. The summed E-state index contributed by atoms with van der Waals surface area (Å²) in [6, 6.07) is -0.580. The molecular formula is C20H39NO4. The van der Waals surface area contributed by atoms with Gasteiger partial charge in [0.05, 0.1) is 13.2 Å². The molecule has 0 aliphatic rings. The second-order valence-corrected chi connectivity index (χ2v) is 6.81. The first-order valence-electron chi connectivity index (χ1n) is 10.1. The van der Waals surface area contributed by atoms with Crippen LogP contribution in [-0.2, 0) is 14.3 Å². The van der Waals surface area contributed by atoms with E-state index in [0.717, 1.165) is 12.8 Å². The van der Waals surface area contributed by atoms with Crippen molar-refractivity contribution in [1.29, 1.82) is 0 Å². The summed E-state index contributed by atoms with van der Waals surface area (Å²) in [5.74, 6) is -0.359. The van der Waals surface area contributed by atoms with Crippen LogP contribution in [0, 0.1) is 5.92 Å². The molecule has 0 aliphatic heterocycles. The normalized spacial score (nSPS) is 12.1. The second-order valence-electron chi connectivity index (χ2n) is 6.81. The standard InChI is InChI=1S/C20H39NO4/c1-6-9-10-11-12-13-14-15-16-21(20(23)25-8-3)18(17(4)5)19(22)24-7-2/h17-18H,6-16H2,1-5H3/t18-/m0/s1. The number of ether oxygens (including phenoxy) is 2. The lowest BCUT2D eigenvalue weighted by Crippen LogP contribution is -2.49. The van der Waals surface area contributed by atoms with Crippen LogP contribution in [0.15, 0.2) is 0 Å². The van der Waals surface area contributed by atoms with Gasteiger partial charge in [-0.15, -0.1) is 0 Å². The molecular weight excluding hydrogens is 318 g/mol. The number of nitrogens with zero attached hydrogens (tertiary/aromatic N) is 1. The van der Waals surface area contributed by atoms with Crippen LogP contribution in [0.3, 0.4) is 0 Å². The lowest BCUT2D eigenvalue weighted by atomic mass is 10.0. The van der Waals surface area contributed by atoms with E-state index in [2.05, 4.69) is 6.92 Å². The van der Waals surface area contributed by atoms with Crippen molar-refractivity contribution >= 4 is 12.1 Å². The highest BCUT2D eigenvalue weighted by Gasteiger charge is 2.34. The number of hydrogen-bond acceptors (Lipinski definition) is 4. The first-order valence-corrected chi connectivity index (χ1v) is 10.1. The number of unbranched alkanes of at least 4 members (excludes halogenated alkanes) is 7. The third kappa shape index (κ3) is 10.4. The molecule has 0 saturated carbocycles. The van der Waals surface area contributed by atoms with E-state index in [1.165, 1.54) is 38.5 Å². The number of carbonyl (C=O) groups is 2. The lowest BCUT2D eigenvalue weighted by Gasteiger charge is -2.31. The van der Waals surface area contributed by atoms with Gasteiger partial charge in [-0.3, -0.25) is 4.90 Å². The van der Waals surface area contributed by atoms with E-state index < -0.39 is 12.1 Å². The van der Waals surface area contributed by atoms with Crippen LogP contribution < -0.4 is 0 Å². The van der Waals surface area contributed by atoms with Gasteiger partial charge in [-0.2, -0.15) is 0 Å². The van der Waals surface area contributed by atoms with Gasteiger partial charge in [0.15, 0.2) is 0 Å². The third-order valence-electron chi connectivity index (χ3n) is 4.25. The van der Waals surface area contributed by atoms with Crippen molar-refractivity contribution in [2.45, 2.75) is 92.0 Å². The molecule has 1 amide bonds. The molecule has 5 nitrogen and oxygen atoms in total. The first kappa shape index (κ1) is 23.7. The molecule has 0 fully saturated rings. The van der Waals surface area contributed by atoms with Gasteiger partial charge in [0.1, 0.15) is 6.04 Å². The van der Waals surface area contributed by atoms with Gasteiger partial charge in [-0.05, 0) is 26.2 Å². The molecule has 148 valence electrons. The highest BCUT2D eigenvalue weighted by molar-refractivity contribution is 5.81. The predicted molar refractivity (Wildman–Crippen MR) is 102 cm³/mol. The van der Waals surface area contributed by atoms with Crippen molar-refractivity contribution in [1.82, 2.24) is 4.90 Å². The van der Waals surface area contributed by atoms with Gasteiger partial charge in [0.2, 0.25) is 0 Å². The van der Waals surface area contributed by atoms with Crippen molar-refractivity contribution in [3.05, 3.63) is 0 Å². The maximum atomic E-state index is 12.3. The van der Waals surface area contributed by atoms with Crippen LogP contribution in [0.25, 0.3) is 0 Å². The number of hydrogen-bond donors (Lipinski definition) is 0. The van der Waals surface area contributed by atoms with Crippen LogP contribution >= 0.6 is 0 Å². The lowest BCUT2D eigenvalue weighted by molar-refractivity contribution is -0.150. The molecule has 0 aromatic carbocycles. The Hall–Kier alpha value is -1.26. The summed E-state index contributed by atoms with van der Waals surface area (Å²) in [7, 11) is 0. The summed E-state index contributed by atoms with van der Waals surface area (Å²) >= 11 is 0. The molecule has 0 bridgehead atoms. The summed E-state index contributed by atoms with van der Waals surface area (Å²) in [5.41, 5.74) is 0. The highest BCUT2D eigenvalue weighted by Crippen LogP contribution is 2.17. The monoisotopic (exact) mass is 357 g/mol. The van der Waals surface area contributed by atoms with Crippen LogP contribution in [0.5, 0.6) is 0 Å². The first-order chi connectivity index (χ1) is 12.0. The number of esters is 1. The summed E-state index contributed by atoms with van der Waals surface area (Å²) in [4.78, 5) is 26.2. The average Bonchev–Trinajstić information content (AvgIpc) is 2.56. The fraction of sp³-hybridized carbons (Fsp3) is 0.900. The Kier molecular flexibility index (Phi) is 14.3. The largest absolute Gasteiger partial charge is 0.464 e. The molecule has 1 atom stereocenters. The van der Waals surface area contributed by atoms with E-state index in [4.69, 9.17) is 9.47 Å². The van der Waals surface area contributed by atoms with E-state index in [1.807, 2.05) is 13.8 Å². The Bertz CT molecular complexity index is 358. The van der Waals surface area contributed by atoms with Crippen molar-refractivity contribution < 1.29 is 19.1 Å². The molecule has 0 aliphatic carbocycles. The van der Waals surface area contributed by atoms with Crippen molar-refractivity contribution in [3.8, 4) is 0 Å². The van der Waals surface area contributed by atoms with E-state index >= 15 is 0 Å². The Labute approximate surface area is 154 Å². The summed E-state index contributed by atoms with van der Waals surface area (Å²) in [6.45, 7) is 10.8. The van der Waals surface area contributed by atoms with E-state index in [0.29, 0.717) is 19.8 Å². The van der Waals surface area contributed by atoms with Crippen LogP contribution in [0.1, 0.15) is 86.0 Å². The van der Waals surface area contributed by atoms with E-state index in [1.54, 1.807) is 18.7 Å². The predicted octanol–water partition coefficient (Wildman–Crippen LogP) is 5.17. The Morgan fingerprint density at radius 3 is 1.80 bits per heavy atom. The highest BCUT2D eigenvalue weighted by atomic mass is 16.6. The van der Waals surface area contributed by atoms with Gasteiger partial charge in [-0.25, -0.2) is 9.59 Å². The second kappa shape index (κ2) is 15.0. The fourth-order valence-electron chi connectivity index (χ4n) is 2.95. The maximum absolute atomic E-state index is 12.3. The van der Waals surface area contributed by atoms with E-state index in [9.17, 15) is 9.59 Å². The minimum absolute atomic E-state index is 0.0162.